The standard InChI is InChI=1S/C12H24BrN3O/c1-12(2,13)11(17)16-9-7-15(8-10-16)6-5-14(3)4/h5-10H2,1-4H3. The molecule has 0 N–H and O–H groups in total. The highest BCUT2D eigenvalue weighted by atomic mass is 79.9. The molecule has 0 spiro atoms. The molecule has 5 heteroatoms. The fourth-order valence-electron chi connectivity index (χ4n) is 1.89. The van der Waals surface area contributed by atoms with Crippen molar-refractivity contribution >= 4 is 21.8 Å². The van der Waals surface area contributed by atoms with Crippen molar-refractivity contribution in [3.8, 4) is 0 Å². The maximum absolute atomic E-state index is 12.0. The lowest BCUT2D eigenvalue weighted by Crippen LogP contribution is -2.53. The van der Waals surface area contributed by atoms with Gasteiger partial charge in [0, 0.05) is 39.3 Å². The third-order valence-electron chi connectivity index (χ3n) is 3.03. The molecule has 4 nitrogen and oxygen atoms in total. The molecule has 0 aromatic rings. The van der Waals surface area contributed by atoms with Gasteiger partial charge in [0.1, 0.15) is 0 Å². The van der Waals surface area contributed by atoms with Crippen molar-refractivity contribution < 1.29 is 4.79 Å². The van der Waals surface area contributed by atoms with Gasteiger partial charge in [-0.3, -0.25) is 9.69 Å². The Kier molecular flexibility index (Phi) is 5.41. The van der Waals surface area contributed by atoms with Crippen molar-refractivity contribution in [2.24, 2.45) is 0 Å². The van der Waals surface area contributed by atoms with Gasteiger partial charge < -0.3 is 9.80 Å². The van der Waals surface area contributed by atoms with Gasteiger partial charge in [-0.25, -0.2) is 0 Å². The first-order chi connectivity index (χ1) is 7.80. The number of nitrogens with zero attached hydrogens (tertiary/aromatic N) is 3. The number of hydrogen-bond donors (Lipinski definition) is 0. The Bertz CT molecular complexity index is 255. The maximum atomic E-state index is 12.0. The van der Waals surface area contributed by atoms with E-state index in [1.165, 1.54) is 0 Å². The number of hydrogen-bond acceptors (Lipinski definition) is 3. The van der Waals surface area contributed by atoms with Crippen molar-refractivity contribution in [3.63, 3.8) is 0 Å². The summed E-state index contributed by atoms with van der Waals surface area (Å²) in [6.07, 6.45) is 0. The van der Waals surface area contributed by atoms with Crippen LogP contribution < -0.4 is 0 Å². The van der Waals surface area contributed by atoms with Crippen molar-refractivity contribution in [1.82, 2.24) is 14.7 Å². The fourth-order valence-corrected chi connectivity index (χ4v) is 2.14. The lowest BCUT2D eigenvalue weighted by molar-refractivity contribution is -0.134. The summed E-state index contributed by atoms with van der Waals surface area (Å²) >= 11 is 3.43. The highest BCUT2D eigenvalue weighted by Gasteiger charge is 2.30. The molecule has 0 bridgehead atoms. The van der Waals surface area contributed by atoms with E-state index in [4.69, 9.17) is 0 Å². The van der Waals surface area contributed by atoms with Crippen LogP contribution in [0.1, 0.15) is 13.8 Å². The largest absolute Gasteiger partial charge is 0.339 e. The maximum Gasteiger partial charge on any atom is 0.238 e. The Morgan fingerprint density at radius 3 is 2.18 bits per heavy atom. The van der Waals surface area contributed by atoms with Crippen LogP contribution in [-0.2, 0) is 4.79 Å². The zero-order valence-corrected chi connectivity index (χ0v) is 13.0. The molecule has 0 unspecified atom stereocenters. The molecule has 1 aliphatic heterocycles. The minimum absolute atomic E-state index is 0.199. The predicted molar refractivity (Wildman–Crippen MR) is 74.6 cm³/mol. The minimum Gasteiger partial charge on any atom is -0.339 e. The second kappa shape index (κ2) is 6.16. The van der Waals surface area contributed by atoms with E-state index in [0.717, 1.165) is 39.3 Å². The molecular weight excluding hydrogens is 282 g/mol. The Balaban J connectivity index is 2.33. The molecule has 1 aliphatic rings. The fraction of sp³-hybridized carbons (Fsp3) is 0.917. The lowest BCUT2D eigenvalue weighted by Gasteiger charge is -2.37. The molecule has 1 amide bonds. The van der Waals surface area contributed by atoms with Gasteiger partial charge in [-0.2, -0.15) is 0 Å². The van der Waals surface area contributed by atoms with Crippen molar-refractivity contribution in [3.05, 3.63) is 0 Å². The molecule has 17 heavy (non-hydrogen) atoms. The molecule has 0 radical (unpaired) electrons. The number of likely N-dealkylation sites (N-methyl/N-ethyl adjacent to an activating group) is 1. The average Bonchev–Trinajstić information content (AvgIpc) is 2.25. The quantitative estimate of drug-likeness (QED) is 0.721. The predicted octanol–water partition coefficient (Wildman–Crippen LogP) is 0.866. The lowest BCUT2D eigenvalue weighted by atomic mass is 10.1. The summed E-state index contributed by atoms with van der Waals surface area (Å²) in [5.41, 5.74) is 0. The normalized spacial score (nSPS) is 18.8. The van der Waals surface area contributed by atoms with Crippen LogP contribution >= 0.6 is 15.9 Å². The number of amides is 1. The van der Waals surface area contributed by atoms with Gasteiger partial charge in [-0.1, -0.05) is 15.9 Å². The van der Waals surface area contributed by atoms with E-state index in [2.05, 4.69) is 39.8 Å². The van der Waals surface area contributed by atoms with E-state index in [1.807, 2.05) is 18.7 Å². The van der Waals surface area contributed by atoms with Gasteiger partial charge in [-0.05, 0) is 27.9 Å². The van der Waals surface area contributed by atoms with Gasteiger partial charge in [0.2, 0.25) is 5.91 Å². The van der Waals surface area contributed by atoms with Crippen molar-refractivity contribution in [2.75, 3.05) is 53.4 Å². The summed E-state index contributed by atoms with van der Waals surface area (Å²) in [5, 5.41) is 0. The molecule has 1 fully saturated rings. The van der Waals surface area contributed by atoms with Crippen LogP contribution in [0.2, 0.25) is 0 Å². The number of halogens is 1. The first-order valence-corrected chi connectivity index (χ1v) is 6.95. The second-order valence-corrected chi connectivity index (χ2v) is 7.39. The SMILES string of the molecule is CN(C)CCN1CCN(C(=O)C(C)(C)Br)CC1. The summed E-state index contributed by atoms with van der Waals surface area (Å²) in [5.74, 6) is 0.199. The van der Waals surface area contributed by atoms with Gasteiger partial charge in [-0.15, -0.1) is 0 Å². The molecule has 0 aliphatic carbocycles. The summed E-state index contributed by atoms with van der Waals surface area (Å²) < 4.78 is -0.432. The molecule has 0 atom stereocenters. The van der Waals surface area contributed by atoms with Crippen LogP contribution in [0.25, 0.3) is 0 Å². The molecule has 0 saturated carbocycles. The smallest absolute Gasteiger partial charge is 0.238 e. The minimum atomic E-state index is -0.432. The van der Waals surface area contributed by atoms with E-state index in [0.29, 0.717) is 0 Å². The summed E-state index contributed by atoms with van der Waals surface area (Å²) in [7, 11) is 4.18. The Morgan fingerprint density at radius 2 is 1.76 bits per heavy atom. The molecule has 0 aromatic carbocycles. The van der Waals surface area contributed by atoms with Crippen LogP contribution in [0.15, 0.2) is 0 Å². The van der Waals surface area contributed by atoms with Crippen molar-refractivity contribution in [1.29, 1.82) is 0 Å². The van der Waals surface area contributed by atoms with Crippen LogP contribution in [-0.4, -0.2) is 78.3 Å². The van der Waals surface area contributed by atoms with Crippen LogP contribution in [0.3, 0.4) is 0 Å². The molecule has 100 valence electrons. The molecule has 1 saturated heterocycles. The molecule has 0 aromatic heterocycles. The van der Waals surface area contributed by atoms with Gasteiger partial charge in [0.25, 0.3) is 0 Å². The van der Waals surface area contributed by atoms with Crippen LogP contribution in [0, 0.1) is 0 Å². The highest BCUT2D eigenvalue weighted by Crippen LogP contribution is 2.20. The number of piperazine rings is 1. The van der Waals surface area contributed by atoms with E-state index in [9.17, 15) is 4.79 Å². The summed E-state index contributed by atoms with van der Waals surface area (Å²) in [4.78, 5) is 18.6. The topological polar surface area (TPSA) is 26.8 Å². The summed E-state index contributed by atoms with van der Waals surface area (Å²) in [6.45, 7) is 9.67. The number of carbonyl (C=O) groups is 1. The summed E-state index contributed by atoms with van der Waals surface area (Å²) in [6, 6.07) is 0. The third-order valence-corrected chi connectivity index (χ3v) is 3.37. The van der Waals surface area contributed by atoms with Crippen LogP contribution in [0.5, 0.6) is 0 Å². The molecule has 1 rings (SSSR count). The second-order valence-electron chi connectivity index (χ2n) is 5.41. The monoisotopic (exact) mass is 305 g/mol. The Morgan fingerprint density at radius 1 is 1.24 bits per heavy atom. The average molecular weight is 306 g/mol. The third kappa shape index (κ3) is 4.94. The zero-order valence-electron chi connectivity index (χ0n) is 11.4. The number of rotatable bonds is 4. The first kappa shape index (κ1) is 14.9. The van der Waals surface area contributed by atoms with E-state index >= 15 is 0 Å². The van der Waals surface area contributed by atoms with Crippen LogP contribution in [0.4, 0.5) is 0 Å². The molecule has 1 heterocycles. The Hall–Kier alpha value is -0.130. The van der Waals surface area contributed by atoms with E-state index in [-0.39, 0.29) is 5.91 Å². The zero-order chi connectivity index (χ0) is 13.1. The van der Waals surface area contributed by atoms with E-state index in [1.54, 1.807) is 0 Å². The first-order valence-electron chi connectivity index (χ1n) is 6.16. The Labute approximate surface area is 113 Å². The van der Waals surface area contributed by atoms with Crippen molar-refractivity contribution in [2.45, 2.75) is 18.2 Å². The number of alkyl halides is 1. The van der Waals surface area contributed by atoms with Gasteiger partial charge in [0.15, 0.2) is 0 Å². The van der Waals surface area contributed by atoms with Gasteiger partial charge in [0.05, 0.1) is 4.32 Å². The van der Waals surface area contributed by atoms with E-state index < -0.39 is 4.32 Å². The van der Waals surface area contributed by atoms with Gasteiger partial charge >= 0.3 is 0 Å². The molecular formula is C12H24BrN3O. The number of carbonyl (C=O) groups excluding carboxylic acids is 1. The highest BCUT2D eigenvalue weighted by molar-refractivity contribution is 9.10.